The molecule has 0 spiro atoms. The summed E-state index contributed by atoms with van der Waals surface area (Å²) in [6, 6.07) is 0. The lowest BCUT2D eigenvalue weighted by molar-refractivity contribution is 0.116. The van der Waals surface area contributed by atoms with Gasteiger partial charge in [0.2, 0.25) is 0 Å². The zero-order valence-corrected chi connectivity index (χ0v) is 8.91. The number of aliphatic hydroxyl groups is 1. The molecule has 2 aliphatic heterocycles. The molecule has 2 heterocycles. The van der Waals surface area contributed by atoms with Gasteiger partial charge in [0.25, 0.3) is 0 Å². The number of hydrogen-bond donors (Lipinski definition) is 2. The summed E-state index contributed by atoms with van der Waals surface area (Å²) in [4.78, 5) is 2.42. The molecule has 2 saturated heterocycles. The monoisotopic (exact) mass is 198 g/mol. The van der Waals surface area contributed by atoms with Crippen molar-refractivity contribution in [1.29, 1.82) is 0 Å². The number of aliphatic hydroxyl groups excluding tert-OH is 1. The standard InChI is InChI=1S/C11H22N2O/c14-7-6-13-5-1-2-11(9-13)10-3-4-12-8-10/h10-12,14H,1-9H2. The van der Waals surface area contributed by atoms with Crippen LogP contribution in [-0.4, -0.2) is 49.3 Å². The first-order valence-corrected chi connectivity index (χ1v) is 5.94. The van der Waals surface area contributed by atoms with Crippen molar-refractivity contribution in [2.75, 3.05) is 39.3 Å². The molecule has 2 rings (SSSR count). The number of β-amino-alcohol motifs (C(OH)–C–C–N with tert-alkyl or cyclic N) is 1. The Labute approximate surface area is 86.5 Å². The number of rotatable bonds is 3. The molecule has 3 nitrogen and oxygen atoms in total. The molecule has 0 aliphatic carbocycles. The molecule has 82 valence electrons. The number of hydrogen-bond acceptors (Lipinski definition) is 3. The van der Waals surface area contributed by atoms with Crippen molar-refractivity contribution in [2.45, 2.75) is 19.3 Å². The second-order valence-corrected chi connectivity index (χ2v) is 4.68. The molecule has 0 radical (unpaired) electrons. The van der Waals surface area contributed by atoms with E-state index >= 15 is 0 Å². The van der Waals surface area contributed by atoms with E-state index in [4.69, 9.17) is 5.11 Å². The van der Waals surface area contributed by atoms with Crippen molar-refractivity contribution in [1.82, 2.24) is 10.2 Å². The van der Waals surface area contributed by atoms with Crippen LogP contribution >= 0.6 is 0 Å². The Morgan fingerprint density at radius 2 is 2.21 bits per heavy atom. The highest BCUT2D eigenvalue weighted by Crippen LogP contribution is 2.27. The molecular weight excluding hydrogens is 176 g/mol. The third-order valence-electron chi connectivity index (χ3n) is 3.72. The van der Waals surface area contributed by atoms with E-state index in [1.54, 1.807) is 0 Å². The van der Waals surface area contributed by atoms with Crippen LogP contribution in [0, 0.1) is 11.8 Å². The van der Waals surface area contributed by atoms with Crippen molar-refractivity contribution in [3.63, 3.8) is 0 Å². The zero-order chi connectivity index (χ0) is 9.80. The molecule has 3 heteroatoms. The van der Waals surface area contributed by atoms with Crippen LogP contribution < -0.4 is 5.32 Å². The van der Waals surface area contributed by atoms with E-state index in [1.807, 2.05) is 0 Å². The molecule has 0 aromatic carbocycles. The summed E-state index contributed by atoms with van der Waals surface area (Å²) in [6.07, 6.45) is 4.08. The summed E-state index contributed by atoms with van der Waals surface area (Å²) in [5, 5.41) is 12.4. The Bertz CT molecular complexity index is 167. The second kappa shape index (κ2) is 5.10. The van der Waals surface area contributed by atoms with Gasteiger partial charge in [-0.15, -0.1) is 0 Å². The average molecular weight is 198 g/mol. The molecule has 0 aromatic heterocycles. The van der Waals surface area contributed by atoms with Gasteiger partial charge in [-0.05, 0) is 50.7 Å². The maximum Gasteiger partial charge on any atom is 0.0558 e. The largest absolute Gasteiger partial charge is 0.395 e. The van der Waals surface area contributed by atoms with E-state index in [1.165, 1.54) is 45.4 Å². The molecule has 0 amide bonds. The fourth-order valence-corrected chi connectivity index (χ4v) is 2.90. The lowest BCUT2D eigenvalue weighted by Gasteiger charge is -2.35. The normalized spacial score (nSPS) is 34.9. The predicted molar refractivity (Wildman–Crippen MR) is 57.2 cm³/mol. The lowest BCUT2D eigenvalue weighted by Crippen LogP contribution is -2.40. The van der Waals surface area contributed by atoms with Gasteiger partial charge in [-0.1, -0.05) is 0 Å². The SMILES string of the molecule is OCCN1CCCC(C2CCNC2)C1. The smallest absolute Gasteiger partial charge is 0.0558 e. The highest BCUT2D eigenvalue weighted by molar-refractivity contribution is 4.83. The minimum atomic E-state index is 0.315. The van der Waals surface area contributed by atoms with E-state index in [2.05, 4.69) is 10.2 Å². The summed E-state index contributed by atoms with van der Waals surface area (Å²) < 4.78 is 0. The van der Waals surface area contributed by atoms with Crippen LogP contribution in [0.3, 0.4) is 0 Å². The average Bonchev–Trinajstić information content (AvgIpc) is 2.71. The van der Waals surface area contributed by atoms with Crippen LogP contribution in [0.4, 0.5) is 0 Å². The Balaban J connectivity index is 1.80. The van der Waals surface area contributed by atoms with Crippen LogP contribution in [0.5, 0.6) is 0 Å². The van der Waals surface area contributed by atoms with E-state index in [0.29, 0.717) is 6.61 Å². The summed E-state index contributed by atoms with van der Waals surface area (Å²) in [7, 11) is 0. The van der Waals surface area contributed by atoms with Gasteiger partial charge < -0.3 is 15.3 Å². The maximum absolute atomic E-state index is 8.92. The fraction of sp³-hybridized carbons (Fsp3) is 1.00. The molecule has 0 aromatic rings. The van der Waals surface area contributed by atoms with E-state index in [-0.39, 0.29) is 0 Å². The molecule has 0 saturated carbocycles. The van der Waals surface area contributed by atoms with Crippen molar-refractivity contribution in [2.24, 2.45) is 11.8 Å². The van der Waals surface area contributed by atoms with Gasteiger partial charge in [0.1, 0.15) is 0 Å². The molecule has 14 heavy (non-hydrogen) atoms. The van der Waals surface area contributed by atoms with E-state index in [9.17, 15) is 0 Å². The Morgan fingerprint density at radius 3 is 2.93 bits per heavy atom. The molecule has 0 bridgehead atoms. The first-order chi connectivity index (χ1) is 6.90. The van der Waals surface area contributed by atoms with Crippen molar-refractivity contribution in [3.8, 4) is 0 Å². The Morgan fingerprint density at radius 1 is 1.29 bits per heavy atom. The summed E-state index contributed by atoms with van der Waals surface area (Å²) in [6.45, 7) is 6.02. The van der Waals surface area contributed by atoms with Crippen molar-refractivity contribution in [3.05, 3.63) is 0 Å². The van der Waals surface area contributed by atoms with Gasteiger partial charge in [0.15, 0.2) is 0 Å². The molecule has 2 aliphatic rings. The van der Waals surface area contributed by atoms with Crippen molar-refractivity contribution < 1.29 is 5.11 Å². The number of piperidine rings is 1. The van der Waals surface area contributed by atoms with Gasteiger partial charge >= 0.3 is 0 Å². The topological polar surface area (TPSA) is 35.5 Å². The third kappa shape index (κ3) is 2.47. The minimum Gasteiger partial charge on any atom is -0.395 e. The number of nitrogens with one attached hydrogen (secondary N) is 1. The Kier molecular flexibility index (Phi) is 3.79. The summed E-state index contributed by atoms with van der Waals surface area (Å²) >= 11 is 0. The minimum absolute atomic E-state index is 0.315. The third-order valence-corrected chi connectivity index (χ3v) is 3.72. The summed E-state index contributed by atoms with van der Waals surface area (Å²) in [5.41, 5.74) is 0. The molecule has 2 fully saturated rings. The van der Waals surface area contributed by atoms with Gasteiger partial charge in [0.05, 0.1) is 6.61 Å². The highest BCUT2D eigenvalue weighted by Gasteiger charge is 2.28. The van der Waals surface area contributed by atoms with Crippen LogP contribution in [0.2, 0.25) is 0 Å². The van der Waals surface area contributed by atoms with Gasteiger partial charge in [-0.2, -0.15) is 0 Å². The second-order valence-electron chi connectivity index (χ2n) is 4.68. The zero-order valence-electron chi connectivity index (χ0n) is 8.91. The lowest BCUT2D eigenvalue weighted by atomic mass is 9.85. The van der Waals surface area contributed by atoms with Crippen molar-refractivity contribution >= 4 is 0 Å². The Hall–Kier alpha value is -0.120. The van der Waals surface area contributed by atoms with Crippen LogP contribution in [0.15, 0.2) is 0 Å². The van der Waals surface area contributed by atoms with E-state index in [0.717, 1.165) is 18.4 Å². The summed E-state index contributed by atoms with van der Waals surface area (Å²) in [5.74, 6) is 1.78. The first-order valence-electron chi connectivity index (χ1n) is 5.94. The quantitative estimate of drug-likeness (QED) is 0.684. The highest BCUT2D eigenvalue weighted by atomic mass is 16.3. The number of nitrogens with zero attached hydrogens (tertiary/aromatic N) is 1. The first kappa shape index (κ1) is 10.4. The molecule has 2 atom stereocenters. The van der Waals surface area contributed by atoms with Crippen LogP contribution in [-0.2, 0) is 0 Å². The predicted octanol–water partition coefficient (Wildman–Crippen LogP) is 0.300. The van der Waals surface area contributed by atoms with Gasteiger partial charge in [-0.25, -0.2) is 0 Å². The van der Waals surface area contributed by atoms with Crippen LogP contribution in [0.25, 0.3) is 0 Å². The molecule has 2 unspecified atom stereocenters. The fourth-order valence-electron chi connectivity index (χ4n) is 2.90. The molecular formula is C11H22N2O. The van der Waals surface area contributed by atoms with Crippen LogP contribution in [0.1, 0.15) is 19.3 Å². The maximum atomic E-state index is 8.92. The molecule has 2 N–H and O–H groups in total. The van der Waals surface area contributed by atoms with Gasteiger partial charge in [0, 0.05) is 13.1 Å². The van der Waals surface area contributed by atoms with Gasteiger partial charge in [-0.3, -0.25) is 0 Å². The van der Waals surface area contributed by atoms with E-state index < -0.39 is 0 Å². The number of likely N-dealkylation sites (tertiary alicyclic amines) is 1.